The van der Waals surface area contributed by atoms with E-state index in [1.807, 2.05) is 0 Å². The van der Waals surface area contributed by atoms with Crippen LogP contribution in [-0.2, 0) is 16.6 Å². The molecule has 0 atom stereocenters. The number of fused-ring (bicyclic) bond motifs is 1. The van der Waals surface area contributed by atoms with Crippen LogP contribution in [0.2, 0.25) is 0 Å². The molecule has 1 heterocycles. The van der Waals surface area contributed by atoms with E-state index in [0.29, 0.717) is 17.6 Å². The Morgan fingerprint density at radius 1 is 1.25 bits per heavy atom. The summed E-state index contributed by atoms with van der Waals surface area (Å²) >= 11 is 0. The molecule has 3 rings (SSSR count). The predicted molar refractivity (Wildman–Crippen MR) is 88.1 cm³/mol. The van der Waals surface area contributed by atoms with Crippen molar-refractivity contribution in [3.63, 3.8) is 0 Å². The number of para-hydroxylation sites is 1. The average molecular weight is 350 g/mol. The van der Waals surface area contributed by atoms with Gasteiger partial charge in [0.1, 0.15) is 5.82 Å². The lowest BCUT2D eigenvalue weighted by atomic mass is 10.2. The van der Waals surface area contributed by atoms with Gasteiger partial charge in [-0.25, -0.2) is 17.6 Å². The Labute approximate surface area is 137 Å². The molecule has 0 fully saturated rings. The standard InChI is InChI=1S/C16H15FN2O4S/c1-3-19-13-8-10(2)15(9-14(13)23-16(19)20)24(21,22)18-12-7-5-4-6-11(12)17/h4-9,18H,3H2,1-2H3. The number of halogens is 1. The van der Waals surface area contributed by atoms with Crippen LogP contribution in [0.4, 0.5) is 10.1 Å². The molecule has 0 saturated carbocycles. The molecule has 0 aliphatic rings. The normalized spacial score (nSPS) is 11.8. The summed E-state index contributed by atoms with van der Waals surface area (Å²) in [6.07, 6.45) is 0. The number of aromatic nitrogens is 1. The van der Waals surface area contributed by atoms with Crippen LogP contribution in [0.25, 0.3) is 11.1 Å². The van der Waals surface area contributed by atoms with Gasteiger partial charge in [0.15, 0.2) is 5.58 Å². The lowest BCUT2D eigenvalue weighted by molar-refractivity contribution is 0.512. The molecular formula is C16H15FN2O4S. The summed E-state index contributed by atoms with van der Waals surface area (Å²) in [5.41, 5.74) is 0.963. The fourth-order valence-electron chi connectivity index (χ4n) is 2.53. The van der Waals surface area contributed by atoms with Gasteiger partial charge >= 0.3 is 5.76 Å². The zero-order valence-electron chi connectivity index (χ0n) is 13.0. The minimum absolute atomic E-state index is 0.0738. The van der Waals surface area contributed by atoms with E-state index in [1.165, 1.54) is 28.8 Å². The van der Waals surface area contributed by atoms with Crippen LogP contribution in [0.3, 0.4) is 0 Å². The van der Waals surface area contributed by atoms with Gasteiger partial charge in [0, 0.05) is 12.6 Å². The van der Waals surface area contributed by atoms with Gasteiger partial charge in [0.25, 0.3) is 10.0 Å². The van der Waals surface area contributed by atoms with E-state index >= 15 is 0 Å². The van der Waals surface area contributed by atoms with E-state index in [9.17, 15) is 17.6 Å². The van der Waals surface area contributed by atoms with E-state index in [4.69, 9.17) is 4.42 Å². The van der Waals surface area contributed by atoms with Crippen LogP contribution in [0.1, 0.15) is 12.5 Å². The van der Waals surface area contributed by atoms with Gasteiger partial charge in [-0.3, -0.25) is 9.29 Å². The van der Waals surface area contributed by atoms with Crippen molar-refractivity contribution in [1.82, 2.24) is 4.57 Å². The minimum Gasteiger partial charge on any atom is -0.408 e. The number of rotatable bonds is 4. The molecule has 0 saturated heterocycles. The second kappa shape index (κ2) is 5.79. The number of benzene rings is 2. The van der Waals surface area contributed by atoms with Gasteiger partial charge in [-0.05, 0) is 37.6 Å². The van der Waals surface area contributed by atoms with Crippen LogP contribution >= 0.6 is 0 Å². The van der Waals surface area contributed by atoms with Crippen molar-refractivity contribution in [2.45, 2.75) is 25.3 Å². The molecule has 126 valence electrons. The lowest BCUT2D eigenvalue weighted by Gasteiger charge is -2.11. The third-order valence-corrected chi connectivity index (χ3v) is 5.20. The van der Waals surface area contributed by atoms with Gasteiger partial charge < -0.3 is 4.42 Å². The van der Waals surface area contributed by atoms with E-state index in [0.717, 1.165) is 6.07 Å². The molecule has 1 N–H and O–H groups in total. The van der Waals surface area contributed by atoms with Crippen molar-refractivity contribution >= 4 is 26.8 Å². The second-order valence-electron chi connectivity index (χ2n) is 5.28. The minimum atomic E-state index is -4.03. The number of hydrogen-bond acceptors (Lipinski definition) is 4. The summed E-state index contributed by atoms with van der Waals surface area (Å²) in [7, 11) is -4.03. The number of aryl methyl sites for hydroxylation is 2. The second-order valence-corrected chi connectivity index (χ2v) is 6.93. The van der Waals surface area contributed by atoms with Crippen molar-refractivity contribution in [2.75, 3.05) is 4.72 Å². The van der Waals surface area contributed by atoms with E-state index in [-0.39, 0.29) is 16.2 Å². The van der Waals surface area contributed by atoms with Crippen molar-refractivity contribution in [3.05, 3.63) is 58.3 Å². The lowest BCUT2D eigenvalue weighted by Crippen LogP contribution is -2.15. The molecule has 0 amide bonds. The Hall–Kier alpha value is -2.61. The Morgan fingerprint density at radius 3 is 2.62 bits per heavy atom. The van der Waals surface area contributed by atoms with Crippen molar-refractivity contribution in [2.24, 2.45) is 0 Å². The Bertz CT molecular complexity index is 1080. The molecule has 0 aliphatic carbocycles. The molecule has 0 unspecified atom stereocenters. The fourth-order valence-corrected chi connectivity index (χ4v) is 3.84. The first-order valence-electron chi connectivity index (χ1n) is 7.25. The number of nitrogens with zero attached hydrogens (tertiary/aromatic N) is 1. The van der Waals surface area contributed by atoms with Crippen LogP contribution in [0.15, 0.2) is 50.5 Å². The highest BCUT2D eigenvalue weighted by atomic mass is 32.2. The van der Waals surface area contributed by atoms with Crippen molar-refractivity contribution in [1.29, 1.82) is 0 Å². The van der Waals surface area contributed by atoms with E-state index < -0.39 is 21.6 Å². The van der Waals surface area contributed by atoms with Crippen LogP contribution in [0.5, 0.6) is 0 Å². The number of nitrogens with one attached hydrogen (secondary N) is 1. The Kier molecular flexibility index (Phi) is 3.92. The molecule has 0 bridgehead atoms. The maximum Gasteiger partial charge on any atom is 0.419 e. The SMILES string of the molecule is CCn1c(=O)oc2cc(S(=O)(=O)Nc3ccccc3F)c(C)cc21. The van der Waals surface area contributed by atoms with Crippen LogP contribution in [0, 0.1) is 12.7 Å². The summed E-state index contributed by atoms with van der Waals surface area (Å²) in [5, 5.41) is 0. The monoisotopic (exact) mass is 350 g/mol. The highest BCUT2D eigenvalue weighted by Crippen LogP contribution is 2.25. The van der Waals surface area contributed by atoms with Crippen molar-refractivity contribution < 1.29 is 17.2 Å². The molecule has 24 heavy (non-hydrogen) atoms. The summed E-state index contributed by atoms with van der Waals surface area (Å²) in [5.74, 6) is -1.23. The van der Waals surface area contributed by atoms with Gasteiger partial charge in [-0.1, -0.05) is 12.1 Å². The molecule has 8 heteroatoms. The van der Waals surface area contributed by atoms with Crippen LogP contribution < -0.4 is 10.5 Å². The molecule has 0 spiro atoms. The topological polar surface area (TPSA) is 81.3 Å². The molecule has 2 aromatic carbocycles. The highest BCUT2D eigenvalue weighted by Gasteiger charge is 2.21. The first kappa shape index (κ1) is 16.3. The summed E-state index contributed by atoms with van der Waals surface area (Å²) in [6.45, 7) is 3.80. The number of anilines is 1. The van der Waals surface area contributed by atoms with E-state index in [2.05, 4.69) is 4.72 Å². The predicted octanol–water partition coefficient (Wildman–Crippen LogP) is 2.86. The zero-order valence-corrected chi connectivity index (χ0v) is 13.9. The number of sulfonamides is 1. The fraction of sp³-hybridized carbons (Fsp3) is 0.188. The molecule has 6 nitrogen and oxygen atoms in total. The quantitative estimate of drug-likeness (QED) is 0.784. The number of hydrogen-bond donors (Lipinski definition) is 1. The van der Waals surface area contributed by atoms with Gasteiger partial charge in [0.05, 0.1) is 16.1 Å². The maximum absolute atomic E-state index is 13.7. The largest absolute Gasteiger partial charge is 0.419 e. The molecule has 0 aliphatic heterocycles. The van der Waals surface area contributed by atoms with E-state index in [1.54, 1.807) is 19.9 Å². The average Bonchev–Trinajstić information content (AvgIpc) is 2.83. The summed E-state index contributed by atoms with van der Waals surface area (Å²) in [6, 6.07) is 8.33. The third kappa shape index (κ3) is 2.69. The molecule has 3 aromatic rings. The first-order valence-corrected chi connectivity index (χ1v) is 8.73. The zero-order chi connectivity index (χ0) is 17.5. The highest BCUT2D eigenvalue weighted by molar-refractivity contribution is 7.92. The Morgan fingerprint density at radius 2 is 1.96 bits per heavy atom. The molecule has 1 aromatic heterocycles. The van der Waals surface area contributed by atoms with Crippen molar-refractivity contribution in [3.8, 4) is 0 Å². The van der Waals surface area contributed by atoms with Crippen LogP contribution in [-0.4, -0.2) is 13.0 Å². The van der Waals surface area contributed by atoms with Gasteiger partial charge in [0.2, 0.25) is 0 Å². The summed E-state index contributed by atoms with van der Waals surface area (Å²) in [4.78, 5) is 11.7. The Balaban J connectivity index is 2.13. The smallest absolute Gasteiger partial charge is 0.408 e. The van der Waals surface area contributed by atoms with Gasteiger partial charge in [-0.2, -0.15) is 0 Å². The maximum atomic E-state index is 13.7. The van der Waals surface area contributed by atoms with Gasteiger partial charge in [-0.15, -0.1) is 0 Å². The first-order chi connectivity index (χ1) is 11.3. The number of oxazole rings is 1. The third-order valence-electron chi connectivity index (χ3n) is 3.69. The summed E-state index contributed by atoms with van der Waals surface area (Å²) < 4.78 is 47.6. The molecule has 0 radical (unpaired) electrons. The molecular weight excluding hydrogens is 335 g/mol.